The summed E-state index contributed by atoms with van der Waals surface area (Å²) < 4.78 is 5.54. The SMILES string of the molecule is C=C(C)CCC(NCCC)C(C)(C)OC. The van der Waals surface area contributed by atoms with Gasteiger partial charge in [-0.3, -0.25) is 0 Å². The Morgan fingerprint density at radius 1 is 1.47 bits per heavy atom. The van der Waals surface area contributed by atoms with Gasteiger partial charge in [0.25, 0.3) is 0 Å². The van der Waals surface area contributed by atoms with Crippen molar-refractivity contribution in [2.45, 2.75) is 58.6 Å². The van der Waals surface area contributed by atoms with Gasteiger partial charge in [-0.1, -0.05) is 12.5 Å². The lowest BCUT2D eigenvalue weighted by molar-refractivity contribution is -0.0123. The van der Waals surface area contributed by atoms with Crippen LogP contribution >= 0.6 is 0 Å². The van der Waals surface area contributed by atoms with E-state index in [-0.39, 0.29) is 5.60 Å². The molecule has 2 nitrogen and oxygen atoms in total. The summed E-state index contributed by atoms with van der Waals surface area (Å²) in [4.78, 5) is 0. The lowest BCUT2D eigenvalue weighted by atomic mass is 9.93. The molecule has 0 saturated heterocycles. The summed E-state index contributed by atoms with van der Waals surface area (Å²) in [6.45, 7) is 13.5. The second-order valence-electron chi connectivity index (χ2n) is 4.81. The van der Waals surface area contributed by atoms with Gasteiger partial charge in [-0.05, 0) is 46.6 Å². The van der Waals surface area contributed by atoms with E-state index in [4.69, 9.17) is 4.74 Å². The second-order valence-corrected chi connectivity index (χ2v) is 4.81. The van der Waals surface area contributed by atoms with E-state index in [1.165, 1.54) is 5.57 Å². The van der Waals surface area contributed by atoms with Crippen LogP contribution in [0.1, 0.15) is 47.0 Å². The van der Waals surface area contributed by atoms with E-state index in [1.54, 1.807) is 7.11 Å². The zero-order valence-corrected chi connectivity index (χ0v) is 11.0. The highest BCUT2D eigenvalue weighted by Crippen LogP contribution is 2.19. The molecule has 0 aliphatic rings. The summed E-state index contributed by atoms with van der Waals surface area (Å²) in [5.41, 5.74) is 1.13. The Kier molecular flexibility index (Phi) is 6.86. The van der Waals surface area contributed by atoms with Gasteiger partial charge < -0.3 is 10.1 Å². The van der Waals surface area contributed by atoms with Gasteiger partial charge in [0.2, 0.25) is 0 Å². The number of methoxy groups -OCH3 is 1. The molecule has 0 aromatic carbocycles. The van der Waals surface area contributed by atoms with Crippen molar-refractivity contribution >= 4 is 0 Å². The maximum atomic E-state index is 5.54. The zero-order chi connectivity index (χ0) is 11.9. The molecule has 0 aliphatic carbocycles. The Bertz CT molecular complexity index is 187. The van der Waals surface area contributed by atoms with E-state index < -0.39 is 0 Å². The van der Waals surface area contributed by atoms with Crippen LogP contribution in [0.3, 0.4) is 0 Å². The molecule has 0 aromatic rings. The number of hydrogen-bond acceptors (Lipinski definition) is 2. The monoisotopic (exact) mass is 213 g/mol. The second kappa shape index (κ2) is 7.02. The van der Waals surface area contributed by atoms with Gasteiger partial charge in [0.15, 0.2) is 0 Å². The van der Waals surface area contributed by atoms with Gasteiger partial charge in [0.05, 0.1) is 5.60 Å². The molecule has 90 valence electrons. The molecule has 0 heterocycles. The van der Waals surface area contributed by atoms with Crippen LogP contribution in [-0.2, 0) is 4.74 Å². The standard InChI is InChI=1S/C13H27NO/c1-7-10-14-12(9-8-11(2)3)13(4,5)15-6/h12,14H,2,7-10H2,1,3-6H3. The van der Waals surface area contributed by atoms with E-state index in [2.05, 4.69) is 39.6 Å². The normalized spacial score (nSPS) is 13.9. The van der Waals surface area contributed by atoms with Gasteiger partial charge >= 0.3 is 0 Å². The van der Waals surface area contributed by atoms with E-state index in [0.717, 1.165) is 25.8 Å². The van der Waals surface area contributed by atoms with Crippen LogP contribution < -0.4 is 5.32 Å². The minimum absolute atomic E-state index is 0.107. The molecule has 0 aliphatic heterocycles. The number of allylic oxidation sites excluding steroid dienone is 1. The van der Waals surface area contributed by atoms with Crippen molar-refractivity contribution in [3.8, 4) is 0 Å². The molecule has 1 N–H and O–H groups in total. The lowest BCUT2D eigenvalue weighted by Crippen LogP contribution is -2.48. The van der Waals surface area contributed by atoms with Gasteiger partial charge in [-0.15, -0.1) is 6.58 Å². The first-order valence-electron chi connectivity index (χ1n) is 5.87. The van der Waals surface area contributed by atoms with Gasteiger partial charge in [0.1, 0.15) is 0 Å². The van der Waals surface area contributed by atoms with Crippen molar-refractivity contribution in [2.75, 3.05) is 13.7 Å². The number of nitrogens with one attached hydrogen (secondary N) is 1. The molecule has 2 heteroatoms. The van der Waals surface area contributed by atoms with Gasteiger partial charge in [0, 0.05) is 13.2 Å². The van der Waals surface area contributed by atoms with Crippen molar-refractivity contribution in [1.82, 2.24) is 5.32 Å². The molecule has 0 bridgehead atoms. The van der Waals surface area contributed by atoms with E-state index >= 15 is 0 Å². The highest BCUT2D eigenvalue weighted by molar-refractivity contribution is 4.93. The van der Waals surface area contributed by atoms with Crippen LogP contribution in [-0.4, -0.2) is 25.3 Å². The van der Waals surface area contributed by atoms with E-state index in [9.17, 15) is 0 Å². The summed E-state index contributed by atoms with van der Waals surface area (Å²) in [7, 11) is 1.78. The lowest BCUT2D eigenvalue weighted by Gasteiger charge is -2.34. The highest BCUT2D eigenvalue weighted by Gasteiger charge is 2.28. The first-order chi connectivity index (χ1) is 6.94. The van der Waals surface area contributed by atoms with Crippen molar-refractivity contribution in [3.05, 3.63) is 12.2 Å². The molecule has 0 spiro atoms. The smallest absolute Gasteiger partial charge is 0.0775 e. The molecule has 15 heavy (non-hydrogen) atoms. The summed E-state index contributed by atoms with van der Waals surface area (Å²) in [6.07, 6.45) is 3.31. The minimum Gasteiger partial charge on any atom is -0.377 e. The summed E-state index contributed by atoms with van der Waals surface area (Å²) in [5, 5.41) is 3.55. The summed E-state index contributed by atoms with van der Waals surface area (Å²) in [6, 6.07) is 0.402. The first kappa shape index (κ1) is 14.7. The quantitative estimate of drug-likeness (QED) is 0.625. The Balaban J connectivity index is 4.23. The fourth-order valence-electron chi connectivity index (χ4n) is 1.55. The summed E-state index contributed by atoms with van der Waals surface area (Å²) in [5.74, 6) is 0. The average molecular weight is 213 g/mol. The third-order valence-electron chi connectivity index (χ3n) is 2.87. The average Bonchev–Trinajstić information content (AvgIpc) is 2.17. The van der Waals surface area contributed by atoms with Crippen molar-refractivity contribution in [3.63, 3.8) is 0 Å². The van der Waals surface area contributed by atoms with Crippen LogP contribution in [0.2, 0.25) is 0 Å². The molecule has 0 amide bonds. The molecule has 1 atom stereocenters. The highest BCUT2D eigenvalue weighted by atomic mass is 16.5. The molecule has 0 fully saturated rings. The minimum atomic E-state index is -0.107. The summed E-state index contributed by atoms with van der Waals surface area (Å²) >= 11 is 0. The van der Waals surface area contributed by atoms with Crippen molar-refractivity contribution in [2.24, 2.45) is 0 Å². The number of rotatable bonds is 8. The Hall–Kier alpha value is -0.340. The third kappa shape index (κ3) is 5.95. The van der Waals surface area contributed by atoms with Crippen LogP contribution in [0, 0.1) is 0 Å². The van der Waals surface area contributed by atoms with Gasteiger partial charge in [-0.2, -0.15) is 0 Å². The van der Waals surface area contributed by atoms with Crippen molar-refractivity contribution in [1.29, 1.82) is 0 Å². The molecular weight excluding hydrogens is 186 g/mol. The zero-order valence-electron chi connectivity index (χ0n) is 11.0. The van der Waals surface area contributed by atoms with E-state index in [0.29, 0.717) is 6.04 Å². The fourth-order valence-corrected chi connectivity index (χ4v) is 1.55. The molecular formula is C13H27NO. The predicted octanol–water partition coefficient (Wildman–Crippen LogP) is 3.14. The Labute approximate surface area is 95.1 Å². The topological polar surface area (TPSA) is 21.3 Å². The predicted molar refractivity (Wildman–Crippen MR) is 67.2 cm³/mol. The van der Waals surface area contributed by atoms with Crippen LogP contribution in [0.15, 0.2) is 12.2 Å². The maximum absolute atomic E-state index is 5.54. The number of ether oxygens (including phenoxy) is 1. The Morgan fingerprint density at radius 3 is 2.47 bits per heavy atom. The van der Waals surface area contributed by atoms with Gasteiger partial charge in [-0.25, -0.2) is 0 Å². The Morgan fingerprint density at radius 2 is 2.07 bits per heavy atom. The fraction of sp³-hybridized carbons (Fsp3) is 0.846. The van der Waals surface area contributed by atoms with Crippen molar-refractivity contribution < 1.29 is 4.74 Å². The van der Waals surface area contributed by atoms with Crippen LogP contribution in [0.4, 0.5) is 0 Å². The maximum Gasteiger partial charge on any atom is 0.0775 e. The first-order valence-corrected chi connectivity index (χ1v) is 5.87. The largest absolute Gasteiger partial charge is 0.377 e. The third-order valence-corrected chi connectivity index (χ3v) is 2.87. The molecule has 1 unspecified atom stereocenters. The molecule has 0 rings (SSSR count). The van der Waals surface area contributed by atoms with Crippen LogP contribution in [0.25, 0.3) is 0 Å². The van der Waals surface area contributed by atoms with Crippen LogP contribution in [0.5, 0.6) is 0 Å². The number of hydrogen-bond donors (Lipinski definition) is 1. The molecule has 0 aromatic heterocycles. The molecule has 0 radical (unpaired) electrons. The van der Waals surface area contributed by atoms with E-state index in [1.807, 2.05) is 0 Å². The molecule has 0 saturated carbocycles.